The lowest BCUT2D eigenvalue weighted by atomic mass is 9.89. The number of aromatic nitrogens is 4. The van der Waals surface area contributed by atoms with Crippen molar-refractivity contribution in [2.24, 2.45) is 14.1 Å². The minimum Gasteiger partial charge on any atom is -0.388 e. The quantitative estimate of drug-likeness (QED) is 0.901. The van der Waals surface area contributed by atoms with Crippen LogP contribution < -0.4 is 0 Å². The van der Waals surface area contributed by atoms with Crippen LogP contribution in [0.15, 0.2) is 24.7 Å². The second-order valence-electron chi connectivity index (χ2n) is 6.18. The summed E-state index contributed by atoms with van der Waals surface area (Å²) in [5.41, 5.74) is 0.572. The highest BCUT2D eigenvalue weighted by Crippen LogP contribution is 2.25. The molecule has 0 spiro atoms. The average molecular weight is 289 g/mol. The maximum atomic E-state index is 10.9. The summed E-state index contributed by atoms with van der Waals surface area (Å²) in [7, 11) is 3.98. The Morgan fingerprint density at radius 1 is 1.33 bits per heavy atom. The predicted molar refractivity (Wildman–Crippen MR) is 79.6 cm³/mol. The van der Waals surface area contributed by atoms with Crippen LogP contribution >= 0.6 is 0 Å². The van der Waals surface area contributed by atoms with Crippen LogP contribution in [0.2, 0.25) is 0 Å². The van der Waals surface area contributed by atoms with Crippen molar-refractivity contribution in [3.63, 3.8) is 0 Å². The minimum atomic E-state index is -0.704. The standard InChI is InChI=1S/C15H23N5O/c1-18-7-3-5-13(18)10-20-8-4-6-15(21,11-20)9-14-17-16-12-19(14)2/h3,5,7,12,21H,4,6,8-11H2,1-2H3. The van der Waals surface area contributed by atoms with E-state index >= 15 is 0 Å². The number of nitrogens with zero attached hydrogens (tertiary/aromatic N) is 5. The predicted octanol–water partition coefficient (Wildman–Crippen LogP) is 0.723. The Morgan fingerprint density at radius 3 is 2.86 bits per heavy atom. The minimum absolute atomic E-state index is 0.563. The Balaban J connectivity index is 1.67. The zero-order valence-electron chi connectivity index (χ0n) is 12.7. The van der Waals surface area contributed by atoms with Crippen molar-refractivity contribution in [1.82, 2.24) is 24.2 Å². The van der Waals surface area contributed by atoms with Crippen molar-refractivity contribution in [1.29, 1.82) is 0 Å². The van der Waals surface area contributed by atoms with Crippen molar-refractivity contribution in [3.05, 3.63) is 36.2 Å². The van der Waals surface area contributed by atoms with E-state index in [1.54, 1.807) is 6.33 Å². The van der Waals surface area contributed by atoms with Gasteiger partial charge in [0.25, 0.3) is 0 Å². The van der Waals surface area contributed by atoms with Gasteiger partial charge in [-0.05, 0) is 31.5 Å². The summed E-state index contributed by atoms with van der Waals surface area (Å²) in [6, 6.07) is 4.20. The lowest BCUT2D eigenvalue weighted by Crippen LogP contribution is -2.49. The Morgan fingerprint density at radius 2 is 2.19 bits per heavy atom. The molecule has 1 fully saturated rings. The van der Waals surface area contributed by atoms with E-state index in [1.807, 2.05) is 11.6 Å². The fourth-order valence-electron chi connectivity index (χ4n) is 3.14. The molecule has 2 aromatic heterocycles. The molecule has 21 heavy (non-hydrogen) atoms. The van der Waals surface area contributed by atoms with Gasteiger partial charge in [0.05, 0.1) is 5.60 Å². The molecule has 0 saturated carbocycles. The number of rotatable bonds is 4. The molecule has 0 amide bonds. The first kappa shape index (κ1) is 14.3. The van der Waals surface area contributed by atoms with Crippen LogP contribution in [0.4, 0.5) is 0 Å². The SMILES string of the molecule is Cn1cccc1CN1CCCC(O)(Cc2nncn2C)C1. The molecular formula is C15H23N5O. The molecule has 1 N–H and O–H groups in total. The van der Waals surface area contributed by atoms with Gasteiger partial charge in [-0.3, -0.25) is 4.90 Å². The molecule has 0 bridgehead atoms. The molecule has 3 rings (SSSR count). The van der Waals surface area contributed by atoms with E-state index < -0.39 is 5.60 Å². The smallest absolute Gasteiger partial charge is 0.135 e. The number of aliphatic hydroxyl groups is 1. The molecule has 1 atom stereocenters. The van der Waals surface area contributed by atoms with E-state index in [9.17, 15) is 5.11 Å². The Bertz CT molecular complexity index is 605. The summed E-state index contributed by atoms with van der Waals surface area (Å²) in [6.07, 6.45) is 6.14. The molecule has 1 saturated heterocycles. The topological polar surface area (TPSA) is 59.1 Å². The van der Waals surface area contributed by atoms with Crippen LogP contribution in [0.3, 0.4) is 0 Å². The molecule has 0 aliphatic carbocycles. The van der Waals surface area contributed by atoms with E-state index in [1.165, 1.54) is 5.69 Å². The summed E-state index contributed by atoms with van der Waals surface area (Å²) in [6.45, 7) is 2.60. The Kier molecular flexibility index (Phi) is 3.82. The summed E-state index contributed by atoms with van der Waals surface area (Å²) < 4.78 is 4.02. The second kappa shape index (κ2) is 5.61. The van der Waals surface area contributed by atoms with E-state index in [0.29, 0.717) is 13.0 Å². The fraction of sp³-hybridized carbons (Fsp3) is 0.600. The fourth-order valence-corrected chi connectivity index (χ4v) is 3.14. The molecule has 3 heterocycles. The van der Waals surface area contributed by atoms with Crippen LogP contribution in [0.25, 0.3) is 0 Å². The second-order valence-corrected chi connectivity index (χ2v) is 6.18. The lowest BCUT2D eigenvalue weighted by Gasteiger charge is -2.39. The van der Waals surface area contributed by atoms with Crippen LogP contribution in [-0.4, -0.2) is 48.0 Å². The van der Waals surface area contributed by atoms with Crippen molar-refractivity contribution in [3.8, 4) is 0 Å². The van der Waals surface area contributed by atoms with Gasteiger partial charge in [0.2, 0.25) is 0 Å². The van der Waals surface area contributed by atoms with Gasteiger partial charge in [-0.15, -0.1) is 10.2 Å². The van der Waals surface area contributed by atoms with Crippen molar-refractivity contribution < 1.29 is 5.11 Å². The van der Waals surface area contributed by atoms with Gasteiger partial charge in [-0.2, -0.15) is 0 Å². The molecule has 2 aromatic rings. The van der Waals surface area contributed by atoms with Crippen molar-refractivity contribution in [2.45, 2.75) is 31.4 Å². The third-order valence-corrected chi connectivity index (χ3v) is 4.36. The van der Waals surface area contributed by atoms with E-state index in [4.69, 9.17) is 0 Å². The monoisotopic (exact) mass is 289 g/mol. The van der Waals surface area contributed by atoms with Gasteiger partial charge in [0.15, 0.2) is 0 Å². The van der Waals surface area contributed by atoms with Gasteiger partial charge in [0.1, 0.15) is 12.2 Å². The first-order valence-corrected chi connectivity index (χ1v) is 7.44. The summed E-state index contributed by atoms with van der Waals surface area (Å²) >= 11 is 0. The number of hydrogen-bond acceptors (Lipinski definition) is 4. The van der Waals surface area contributed by atoms with Crippen LogP contribution in [0.5, 0.6) is 0 Å². The van der Waals surface area contributed by atoms with E-state index in [-0.39, 0.29) is 0 Å². The van der Waals surface area contributed by atoms with Crippen molar-refractivity contribution in [2.75, 3.05) is 13.1 Å². The van der Waals surface area contributed by atoms with E-state index in [0.717, 1.165) is 31.8 Å². The van der Waals surface area contributed by atoms with Crippen LogP contribution in [0.1, 0.15) is 24.4 Å². The normalized spacial score (nSPS) is 23.6. The Labute approximate surface area is 125 Å². The van der Waals surface area contributed by atoms with E-state index in [2.05, 4.69) is 45.0 Å². The Hall–Kier alpha value is -1.66. The van der Waals surface area contributed by atoms with Gasteiger partial charge < -0.3 is 14.2 Å². The molecular weight excluding hydrogens is 266 g/mol. The first-order valence-electron chi connectivity index (χ1n) is 7.44. The number of piperidine rings is 1. The third-order valence-electron chi connectivity index (χ3n) is 4.36. The molecule has 6 nitrogen and oxygen atoms in total. The van der Waals surface area contributed by atoms with Gasteiger partial charge in [-0.25, -0.2) is 0 Å². The van der Waals surface area contributed by atoms with Crippen LogP contribution in [0, 0.1) is 0 Å². The highest BCUT2D eigenvalue weighted by molar-refractivity contribution is 5.07. The zero-order valence-corrected chi connectivity index (χ0v) is 12.7. The molecule has 0 radical (unpaired) electrons. The van der Waals surface area contributed by atoms with Gasteiger partial charge >= 0.3 is 0 Å². The average Bonchev–Trinajstić information content (AvgIpc) is 3.00. The van der Waals surface area contributed by atoms with Crippen LogP contribution in [-0.2, 0) is 27.1 Å². The molecule has 1 aliphatic heterocycles. The maximum absolute atomic E-state index is 10.9. The lowest BCUT2D eigenvalue weighted by molar-refractivity contribution is -0.0349. The summed E-state index contributed by atoms with van der Waals surface area (Å²) in [5, 5.41) is 18.9. The molecule has 114 valence electrons. The summed E-state index contributed by atoms with van der Waals surface area (Å²) in [5.74, 6) is 0.846. The zero-order chi connectivity index (χ0) is 14.9. The number of hydrogen-bond donors (Lipinski definition) is 1. The molecule has 6 heteroatoms. The maximum Gasteiger partial charge on any atom is 0.135 e. The van der Waals surface area contributed by atoms with Gasteiger partial charge in [-0.1, -0.05) is 0 Å². The van der Waals surface area contributed by atoms with Gasteiger partial charge in [0, 0.05) is 45.5 Å². The number of likely N-dealkylation sites (tertiary alicyclic amines) is 1. The third kappa shape index (κ3) is 3.16. The molecule has 1 aliphatic rings. The molecule has 0 aromatic carbocycles. The molecule has 1 unspecified atom stereocenters. The number of β-amino-alcohol motifs (C(OH)–C–C–N with tert-alkyl or cyclic N) is 1. The first-order chi connectivity index (χ1) is 10.1. The van der Waals surface area contributed by atoms with Crippen molar-refractivity contribution >= 4 is 0 Å². The highest BCUT2D eigenvalue weighted by Gasteiger charge is 2.34. The largest absolute Gasteiger partial charge is 0.388 e. The highest BCUT2D eigenvalue weighted by atomic mass is 16.3. The number of aryl methyl sites for hydroxylation is 2. The summed E-state index contributed by atoms with van der Waals surface area (Å²) in [4.78, 5) is 2.33.